The van der Waals surface area contributed by atoms with E-state index < -0.39 is 0 Å². The minimum Gasteiger partial charge on any atom is -0.392 e. The van der Waals surface area contributed by atoms with Crippen LogP contribution in [-0.4, -0.2) is 48.5 Å². The Bertz CT molecular complexity index is 126. The van der Waals surface area contributed by atoms with Crippen molar-refractivity contribution in [3.63, 3.8) is 0 Å². The average molecular weight is 172 g/mol. The fraction of sp³-hybridized carbons (Fsp3) is 0.889. The first-order chi connectivity index (χ1) is 5.75. The highest BCUT2D eigenvalue weighted by Crippen LogP contribution is 2.10. The first kappa shape index (κ1) is 9.96. The quantitative estimate of drug-likeness (QED) is 0.664. The van der Waals surface area contributed by atoms with Gasteiger partial charge in [-0.2, -0.15) is 0 Å². The fourth-order valence-corrected chi connectivity index (χ4v) is 1.58. The lowest BCUT2D eigenvalue weighted by Gasteiger charge is -2.36. The third-order valence-corrected chi connectivity index (χ3v) is 2.28. The number of aliphatic hydroxyl groups is 1. The monoisotopic (exact) mass is 172 g/mol. The summed E-state index contributed by atoms with van der Waals surface area (Å²) >= 11 is 0. The van der Waals surface area contributed by atoms with Gasteiger partial charge in [-0.05, 0) is 19.9 Å². The van der Waals surface area contributed by atoms with Crippen LogP contribution in [0, 0.1) is 6.92 Å². The van der Waals surface area contributed by atoms with Crippen LogP contribution in [0.3, 0.4) is 0 Å². The van der Waals surface area contributed by atoms with Crippen LogP contribution in [-0.2, 0) is 4.74 Å². The van der Waals surface area contributed by atoms with Gasteiger partial charge in [-0.15, -0.1) is 0 Å². The Balaban J connectivity index is 2.42. The summed E-state index contributed by atoms with van der Waals surface area (Å²) < 4.78 is 5.30. The topological polar surface area (TPSA) is 32.7 Å². The molecule has 0 aromatic carbocycles. The molecule has 0 aromatic rings. The van der Waals surface area contributed by atoms with Gasteiger partial charge in [0.15, 0.2) is 0 Å². The summed E-state index contributed by atoms with van der Waals surface area (Å²) in [6.45, 7) is 8.93. The van der Waals surface area contributed by atoms with E-state index in [4.69, 9.17) is 4.74 Å². The van der Waals surface area contributed by atoms with E-state index >= 15 is 0 Å². The number of rotatable bonds is 3. The predicted octanol–water partition coefficient (Wildman–Crippen LogP) is 0.292. The van der Waals surface area contributed by atoms with E-state index in [2.05, 4.69) is 11.8 Å². The summed E-state index contributed by atoms with van der Waals surface area (Å²) in [5, 5.41) is 9.43. The van der Waals surface area contributed by atoms with Gasteiger partial charge in [-0.25, -0.2) is 0 Å². The van der Waals surface area contributed by atoms with E-state index in [0.717, 1.165) is 26.1 Å². The van der Waals surface area contributed by atoms with E-state index in [-0.39, 0.29) is 12.1 Å². The minimum atomic E-state index is -0.308. The highest BCUT2D eigenvalue weighted by atomic mass is 16.5. The van der Waals surface area contributed by atoms with E-state index in [1.54, 1.807) is 0 Å². The number of hydrogen-bond acceptors (Lipinski definition) is 3. The standard InChI is InChI=1S/C9H18NO2/c1-3-4-10-5-6-12-7-9(10)8(2)11/h8-9,11H,1,3-7H2,2H3. The molecule has 3 nitrogen and oxygen atoms in total. The molecule has 1 aliphatic heterocycles. The zero-order chi connectivity index (χ0) is 8.97. The van der Waals surface area contributed by atoms with E-state index in [1.807, 2.05) is 6.92 Å². The first-order valence-electron chi connectivity index (χ1n) is 4.55. The van der Waals surface area contributed by atoms with Gasteiger partial charge in [0, 0.05) is 6.54 Å². The lowest BCUT2D eigenvalue weighted by atomic mass is 10.1. The molecule has 1 rings (SSSR count). The molecular weight excluding hydrogens is 154 g/mol. The lowest BCUT2D eigenvalue weighted by Crippen LogP contribution is -2.50. The maximum atomic E-state index is 9.43. The normalized spacial score (nSPS) is 28.8. The zero-order valence-electron chi connectivity index (χ0n) is 7.70. The number of hydrogen-bond donors (Lipinski definition) is 1. The van der Waals surface area contributed by atoms with Crippen molar-refractivity contribution in [3.05, 3.63) is 6.92 Å². The molecule has 2 atom stereocenters. The van der Waals surface area contributed by atoms with Crippen LogP contribution in [0.2, 0.25) is 0 Å². The van der Waals surface area contributed by atoms with Gasteiger partial charge in [0.25, 0.3) is 0 Å². The van der Waals surface area contributed by atoms with Crippen molar-refractivity contribution in [3.8, 4) is 0 Å². The molecule has 71 valence electrons. The maximum absolute atomic E-state index is 9.43. The van der Waals surface area contributed by atoms with Crippen molar-refractivity contribution in [2.75, 3.05) is 26.3 Å². The molecule has 1 radical (unpaired) electrons. The summed E-state index contributed by atoms with van der Waals surface area (Å²) in [7, 11) is 0. The third kappa shape index (κ3) is 2.44. The Kier molecular flexibility index (Phi) is 3.98. The van der Waals surface area contributed by atoms with Crippen molar-refractivity contribution in [2.24, 2.45) is 0 Å². The number of ether oxygens (including phenoxy) is 1. The van der Waals surface area contributed by atoms with Crippen molar-refractivity contribution < 1.29 is 9.84 Å². The van der Waals surface area contributed by atoms with Crippen molar-refractivity contribution >= 4 is 0 Å². The van der Waals surface area contributed by atoms with Crippen LogP contribution in [0.5, 0.6) is 0 Å². The fourth-order valence-electron chi connectivity index (χ4n) is 1.58. The second-order valence-electron chi connectivity index (χ2n) is 3.27. The van der Waals surface area contributed by atoms with Gasteiger partial charge in [0.2, 0.25) is 0 Å². The summed E-state index contributed by atoms with van der Waals surface area (Å²) in [5.74, 6) is 0. The van der Waals surface area contributed by atoms with Crippen molar-refractivity contribution in [1.82, 2.24) is 4.90 Å². The Morgan fingerprint density at radius 1 is 1.75 bits per heavy atom. The van der Waals surface area contributed by atoms with E-state index in [1.165, 1.54) is 0 Å². The van der Waals surface area contributed by atoms with Gasteiger partial charge in [-0.3, -0.25) is 4.90 Å². The predicted molar refractivity (Wildman–Crippen MR) is 47.8 cm³/mol. The summed E-state index contributed by atoms with van der Waals surface area (Å²) in [6, 6.07) is 0.167. The molecule has 0 bridgehead atoms. The van der Waals surface area contributed by atoms with Crippen LogP contribution in [0.1, 0.15) is 13.3 Å². The van der Waals surface area contributed by atoms with Gasteiger partial charge >= 0.3 is 0 Å². The average Bonchev–Trinajstić information content (AvgIpc) is 2.05. The molecule has 1 saturated heterocycles. The molecule has 2 unspecified atom stereocenters. The SMILES string of the molecule is [CH2]CCN1CCOCC1C(C)O. The Morgan fingerprint density at radius 2 is 2.50 bits per heavy atom. The molecular formula is C9H18NO2. The molecule has 12 heavy (non-hydrogen) atoms. The molecule has 0 aromatic heterocycles. The Hall–Kier alpha value is -0.120. The largest absolute Gasteiger partial charge is 0.392 e. The molecule has 3 heteroatoms. The second kappa shape index (κ2) is 4.80. The molecule has 0 spiro atoms. The molecule has 1 aliphatic rings. The molecule has 0 aliphatic carbocycles. The van der Waals surface area contributed by atoms with Crippen LogP contribution in [0.25, 0.3) is 0 Å². The third-order valence-electron chi connectivity index (χ3n) is 2.28. The smallest absolute Gasteiger partial charge is 0.0689 e. The Labute approximate surface area is 74.3 Å². The lowest BCUT2D eigenvalue weighted by molar-refractivity contribution is -0.0522. The van der Waals surface area contributed by atoms with Crippen LogP contribution in [0.15, 0.2) is 0 Å². The van der Waals surface area contributed by atoms with E-state index in [0.29, 0.717) is 6.61 Å². The molecule has 0 amide bonds. The number of morpholine rings is 1. The maximum Gasteiger partial charge on any atom is 0.0689 e. The summed E-state index contributed by atoms with van der Waals surface area (Å²) in [5.41, 5.74) is 0. The molecule has 1 N–H and O–H groups in total. The Morgan fingerprint density at radius 3 is 3.08 bits per heavy atom. The highest BCUT2D eigenvalue weighted by Gasteiger charge is 2.25. The van der Waals surface area contributed by atoms with Gasteiger partial charge in [0.1, 0.15) is 0 Å². The minimum absolute atomic E-state index is 0.167. The van der Waals surface area contributed by atoms with Crippen molar-refractivity contribution in [1.29, 1.82) is 0 Å². The van der Waals surface area contributed by atoms with E-state index in [9.17, 15) is 5.11 Å². The van der Waals surface area contributed by atoms with Crippen molar-refractivity contribution in [2.45, 2.75) is 25.5 Å². The highest BCUT2D eigenvalue weighted by molar-refractivity contribution is 4.79. The summed E-state index contributed by atoms with van der Waals surface area (Å²) in [6.07, 6.45) is 0.584. The number of nitrogens with zero attached hydrogens (tertiary/aromatic N) is 1. The van der Waals surface area contributed by atoms with Gasteiger partial charge < -0.3 is 9.84 Å². The van der Waals surface area contributed by atoms with Crippen LogP contribution in [0.4, 0.5) is 0 Å². The molecule has 0 saturated carbocycles. The summed E-state index contributed by atoms with van der Waals surface area (Å²) in [4.78, 5) is 2.25. The number of aliphatic hydroxyl groups excluding tert-OH is 1. The zero-order valence-corrected chi connectivity index (χ0v) is 7.70. The molecule has 1 heterocycles. The first-order valence-corrected chi connectivity index (χ1v) is 4.55. The van der Waals surface area contributed by atoms with Crippen LogP contribution >= 0.6 is 0 Å². The molecule has 1 fully saturated rings. The second-order valence-corrected chi connectivity index (χ2v) is 3.27. The van der Waals surface area contributed by atoms with Crippen LogP contribution < -0.4 is 0 Å². The van der Waals surface area contributed by atoms with Gasteiger partial charge in [-0.1, -0.05) is 6.92 Å². The van der Waals surface area contributed by atoms with Gasteiger partial charge in [0.05, 0.1) is 25.4 Å².